The monoisotopic (exact) mass is 366 g/mol. The molecule has 1 heterocycles. The number of benzene rings is 1. The number of hydrogen-bond acceptors (Lipinski definition) is 3. The van der Waals surface area contributed by atoms with Crippen molar-refractivity contribution in [1.29, 1.82) is 0 Å². The fourth-order valence-electron chi connectivity index (χ4n) is 3.63. The van der Waals surface area contributed by atoms with Crippen molar-refractivity contribution in [3.8, 4) is 0 Å². The molecule has 0 N–H and O–H groups in total. The third-order valence-electron chi connectivity index (χ3n) is 4.83. The van der Waals surface area contributed by atoms with Gasteiger partial charge in [0.25, 0.3) is 0 Å². The summed E-state index contributed by atoms with van der Waals surface area (Å²) in [6, 6.07) is 5.77. The van der Waals surface area contributed by atoms with Gasteiger partial charge in [-0.2, -0.15) is 0 Å². The first-order chi connectivity index (χ1) is 12.8. The van der Waals surface area contributed by atoms with Crippen molar-refractivity contribution >= 4 is 28.9 Å². The molecule has 1 aliphatic carbocycles. The summed E-state index contributed by atoms with van der Waals surface area (Å²) in [5.74, 6) is -0.0377. The van der Waals surface area contributed by atoms with E-state index in [9.17, 15) is 9.59 Å². The van der Waals surface area contributed by atoms with Gasteiger partial charge in [0.15, 0.2) is 0 Å². The molecule has 27 heavy (non-hydrogen) atoms. The lowest BCUT2D eigenvalue weighted by atomic mass is 9.94. The maximum absolute atomic E-state index is 12.7. The zero-order valence-electron chi connectivity index (χ0n) is 16.6. The minimum atomic E-state index is -0.386. The molecule has 0 spiro atoms. The third kappa shape index (κ3) is 3.69. The molecule has 142 valence electrons. The molecule has 1 aromatic rings. The number of fused-ring (bicyclic) bond motifs is 1. The first-order valence-electron chi connectivity index (χ1n) is 9.32. The van der Waals surface area contributed by atoms with Crippen molar-refractivity contribution in [1.82, 2.24) is 0 Å². The first-order valence-corrected chi connectivity index (χ1v) is 9.32. The van der Waals surface area contributed by atoms with Gasteiger partial charge in [-0.25, -0.2) is 4.79 Å². The molecule has 1 aromatic carbocycles. The molecule has 5 nitrogen and oxygen atoms in total. The van der Waals surface area contributed by atoms with Gasteiger partial charge in [0.1, 0.15) is 0 Å². The van der Waals surface area contributed by atoms with Crippen LogP contribution in [-0.2, 0) is 9.53 Å². The first kappa shape index (κ1) is 19.0. The number of hydrogen-bond donors (Lipinski definition) is 0. The van der Waals surface area contributed by atoms with Gasteiger partial charge in [-0.3, -0.25) is 9.69 Å². The normalized spacial score (nSPS) is 18.8. The summed E-state index contributed by atoms with van der Waals surface area (Å²) in [5, 5.41) is 0. The number of rotatable bonds is 2. The quantitative estimate of drug-likeness (QED) is 0.714. The van der Waals surface area contributed by atoms with E-state index in [0.29, 0.717) is 12.2 Å². The zero-order valence-corrected chi connectivity index (χ0v) is 16.6. The molecule has 0 saturated heterocycles. The Labute approximate surface area is 160 Å². The van der Waals surface area contributed by atoms with Gasteiger partial charge in [0.05, 0.1) is 23.5 Å². The lowest BCUT2D eigenvalue weighted by molar-refractivity contribution is -0.117. The highest BCUT2D eigenvalue weighted by molar-refractivity contribution is 6.03. The average Bonchev–Trinajstić information content (AvgIpc) is 2.60. The molecule has 0 aromatic heterocycles. The molecule has 2 amide bonds. The number of carbonyl (C=O) groups excluding carboxylic acids is 2. The molecule has 0 fully saturated rings. The molecule has 1 aliphatic heterocycles. The molecule has 0 saturated carbocycles. The molecular formula is C22H26N2O3. The lowest BCUT2D eigenvalue weighted by Crippen LogP contribution is -2.51. The lowest BCUT2D eigenvalue weighted by Gasteiger charge is -2.40. The van der Waals surface area contributed by atoms with Crippen LogP contribution in [0.4, 0.5) is 16.2 Å². The van der Waals surface area contributed by atoms with Crippen LogP contribution in [0.1, 0.15) is 46.6 Å². The van der Waals surface area contributed by atoms with Crippen LogP contribution >= 0.6 is 0 Å². The minimum absolute atomic E-state index is 0.0377. The summed E-state index contributed by atoms with van der Waals surface area (Å²) < 4.78 is 5.44. The highest BCUT2D eigenvalue weighted by Crippen LogP contribution is 2.39. The molecule has 0 bridgehead atoms. The topological polar surface area (TPSA) is 49.9 Å². The number of nitrogens with zero attached hydrogens (tertiary/aromatic N) is 2. The molecule has 3 rings (SSSR count). The van der Waals surface area contributed by atoms with E-state index < -0.39 is 0 Å². The fourth-order valence-corrected chi connectivity index (χ4v) is 3.63. The van der Waals surface area contributed by atoms with Crippen molar-refractivity contribution < 1.29 is 14.3 Å². The van der Waals surface area contributed by atoms with Crippen molar-refractivity contribution in [3.63, 3.8) is 0 Å². The van der Waals surface area contributed by atoms with E-state index in [1.54, 1.807) is 16.7 Å². The minimum Gasteiger partial charge on any atom is -0.446 e. The largest absolute Gasteiger partial charge is 0.446 e. The average molecular weight is 366 g/mol. The second-order valence-electron chi connectivity index (χ2n) is 7.40. The number of allylic oxidation sites excluding steroid dienone is 3. The van der Waals surface area contributed by atoms with Crippen LogP contribution in [0.15, 0.2) is 41.7 Å². The van der Waals surface area contributed by atoms with E-state index in [1.807, 2.05) is 51.1 Å². The van der Waals surface area contributed by atoms with Crippen LogP contribution in [0.2, 0.25) is 0 Å². The molecule has 5 heteroatoms. The van der Waals surface area contributed by atoms with E-state index in [4.69, 9.17) is 4.74 Å². The molecule has 2 aliphatic rings. The second-order valence-corrected chi connectivity index (χ2v) is 7.40. The molecule has 0 unspecified atom stereocenters. The Morgan fingerprint density at radius 3 is 2.63 bits per heavy atom. The van der Waals surface area contributed by atoms with E-state index in [2.05, 4.69) is 12.7 Å². The van der Waals surface area contributed by atoms with Crippen molar-refractivity contribution in [2.75, 3.05) is 16.3 Å². The van der Waals surface area contributed by atoms with Crippen molar-refractivity contribution in [2.24, 2.45) is 0 Å². The molecule has 1 atom stereocenters. The van der Waals surface area contributed by atoms with Crippen LogP contribution in [-0.4, -0.2) is 30.7 Å². The summed E-state index contributed by atoms with van der Waals surface area (Å²) in [6.45, 7) is 9.65. The van der Waals surface area contributed by atoms with Crippen molar-refractivity contribution in [3.05, 3.63) is 47.2 Å². The summed E-state index contributed by atoms with van der Waals surface area (Å²) in [4.78, 5) is 28.3. The van der Waals surface area contributed by atoms with Crippen LogP contribution in [0.3, 0.4) is 0 Å². The standard InChI is InChI=1S/C22H26N2O3/c1-14(2)27-22(26)23-13-16(4)24(17(5)25)20-11-10-18(12-21(20)23)19-9-7-6-8-15(19)3/h6,9-12,14,16H,8,13H2,1-5H3/t16-/m0/s1. The van der Waals surface area contributed by atoms with Crippen LogP contribution in [0.25, 0.3) is 5.57 Å². The Kier molecular flexibility index (Phi) is 5.24. The predicted molar refractivity (Wildman–Crippen MR) is 108 cm³/mol. The summed E-state index contributed by atoms with van der Waals surface area (Å²) in [7, 11) is 0. The van der Waals surface area contributed by atoms with Gasteiger partial charge in [-0.1, -0.05) is 11.6 Å². The van der Waals surface area contributed by atoms with Gasteiger partial charge in [-0.15, -0.1) is 5.73 Å². The third-order valence-corrected chi connectivity index (χ3v) is 4.83. The predicted octanol–water partition coefficient (Wildman–Crippen LogP) is 4.68. The van der Waals surface area contributed by atoms with E-state index in [0.717, 1.165) is 23.2 Å². The SMILES string of the molecule is CC(=O)N1c2ccc(C3=C(C)CC=C=C3)cc2N(C(=O)OC(C)C)C[C@@H]1C. The Hall–Kier alpha value is -2.78. The number of anilines is 2. The summed E-state index contributed by atoms with van der Waals surface area (Å²) in [5.41, 5.74) is 7.96. The Morgan fingerprint density at radius 2 is 2.00 bits per heavy atom. The molecular weight excluding hydrogens is 340 g/mol. The highest BCUT2D eigenvalue weighted by atomic mass is 16.6. The highest BCUT2D eigenvalue weighted by Gasteiger charge is 2.34. The number of ether oxygens (including phenoxy) is 1. The van der Waals surface area contributed by atoms with E-state index >= 15 is 0 Å². The Balaban J connectivity index is 2.12. The fraction of sp³-hybridized carbons (Fsp3) is 0.409. The Morgan fingerprint density at radius 1 is 1.26 bits per heavy atom. The van der Waals surface area contributed by atoms with E-state index in [-0.39, 0.29) is 24.1 Å². The maximum atomic E-state index is 12.7. The van der Waals surface area contributed by atoms with Gasteiger partial charge < -0.3 is 9.64 Å². The van der Waals surface area contributed by atoms with Gasteiger partial charge in [0.2, 0.25) is 5.91 Å². The zero-order chi connectivity index (χ0) is 19.7. The van der Waals surface area contributed by atoms with Gasteiger partial charge >= 0.3 is 6.09 Å². The molecule has 0 radical (unpaired) electrons. The smallest absolute Gasteiger partial charge is 0.414 e. The summed E-state index contributed by atoms with van der Waals surface area (Å²) >= 11 is 0. The van der Waals surface area contributed by atoms with E-state index in [1.165, 1.54) is 5.57 Å². The number of amides is 2. The maximum Gasteiger partial charge on any atom is 0.414 e. The van der Waals surface area contributed by atoms with Gasteiger partial charge in [0, 0.05) is 13.5 Å². The van der Waals surface area contributed by atoms with Crippen molar-refractivity contribution in [2.45, 2.75) is 53.2 Å². The second kappa shape index (κ2) is 7.45. The van der Waals surface area contributed by atoms with Crippen LogP contribution in [0.5, 0.6) is 0 Å². The summed E-state index contributed by atoms with van der Waals surface area (Å²) in [6.07, 6.45) is 4.23. The van der Waals surface area contributed by atoms with Crippen LogP contribution < -0.4 is 9.80 Å². The Bertz CT molecular complexity index is 876. The van der Waals surface area contributed by atoms with Crippen LogP contribution in [0, 0.1) is 0 Å². The number of carbonyl (C=O) groups is 2. The van der Waals surface area contributed by atoms with Gasteiger partial charge in [-0.05, 0) is 69.5 Å².